The number of hydrogen-bond donors (Lipinski definition) is 1. The first-order chi connectivity index (χ1) is 15.7. The number of nitrogens with one attached hydrogen (secondary N) is 1. The van der Waals surface area contributed by atoms with Crippen molar-refractivity contribution in [2.75, 3.05) is 12.4 Å². The van der Waals surface area contributed by atoms with Crippen molar-refractivity contribution in [1.29, 1.82) is 0 Å². The van der Waals surface area contributed by atoms with E-state index in [0.717, 1.165) is 19.0 Å². The molecular weight excluding hydrogens is 464 g/mol. The summed E-state index contributed by atoms with van der Waals surface area (Å²) in [5.41, 5.74) is 0.871. The molecule has 0 bridgehead atoms. The monoisotopic (exact) mass is 478 g/mol. The molecule has 1 aliphatic rings. The SMILES string of the molecule is COc1ncc(NC(=O)Cc2ccc(-c3cnc4c(n3)C(Cl)=CC4)cc2F)cc1C(F)(F)F. The summed E-state index contributed by atoms with van der Waals surface area (Å²) in [6, 6.07) is 4.90. The zero-order valence-electron chi connectivity index (χ0n) is 17.0. The topological polar surface area (TPSA) is 77.0 Å². The maximum Gasteiger partial charge on any atom is 0.421 e. The van der Waals surface area contributed by atoms with Gasteiger partial charge in [-0.15, -0.1) is 0 Å². The van der Waals surface area contributed by atoms with Gasteiger partial charge in [0.1, 0.15) is 17.1 Å². The summed E-state index contributed by atoms with van der Waals surface area (Å²) in [7, 11) is 1.06. The van der Waals surface area contributed by atoms with E-state index in [0.29, 0.717) is 34.5 Å². The molecule has 0 saturated carbocycles. The molecule has 6 nitrogen and oxygen atoms in total. The van der Waals surface area contributed by atoms with Gasteiger partial charge in [-0.1, -0.05) is 29.8 Å². The number of allylic oxidation sites excluding steroid dienone is 1. The second-order valence-electron chi connectivity index (χ2n) is 7.12. The molecule has 2 heterocycles. The summed E-state index contributed by atoms with van der Waals surface area (Å²) in [4.78, 5) is 24.6. The maximum atomic E-state index is 14.7. The number of pyridine rings is 1. The quantitative estimate of drug-likeness (QED) is 0.521. The average Bonchev–Trinajstić information content (AvgIpc) is 3.14. The predicted molar refractivity (Wildman–Crippen MR) is 113 cm³/mol. The molecule has 4 rings (SSSR count). The number of benzene rings is 1. The van der Waals surface area contributed by atoms with E-state index in [1.165, 1.54) is 18.3 Å². The molecule has 11 heteroatoms. The van der Waals surface area contributed by atoms with Crippen LogP contribution in [-0.2, 0) is 23.8 Å². The van der Waals surface area contributed by atoms with E-state index in [4.69, 9.17) is 11.6 Å². The van der Waals surface area contributed by atoms with Gasteiger partial charge in [-0.2, -0.15) is 13.2 Å². The summed E-state index contributed by atoms with van der Waals surface area (Å²) in [6.45, 7) is 0. The van der Waals surface area contributed by atoms with Crippen molar-refractivity contribution in [2.45, 2.75) is 19.0 Å². The Labute approximate surface area is 190 Å². The molecule has 1 N–H and O–H groups in total. The number of alkyl halides is 3. The molecule has 0 spiro atoms. The number of nitrogens with zero attached hydrogens (tertiary/aromatic N) is 3. The van der Waals surface area contributed by atoms with Crippen LogP contribution in [-0.4, -0.2) is 28.0 Å². The molecular formula is C22H15ClF4N4O2. The van der Waals surface area contributed by atoms with Crippen LogP contribution in [0.3, 0.4) is 0 Å². The minimum atomic E-state index is -4.72. The Balaban J connectivity index is 1.50. The third kappa shape index (κ3) is 4.80. The van der Waals surface area contributed by atoms with Gasteiger partial charge in [0.2, 0.25) is 11.8 Å². The number of amides is 1. The molecule has 0 fully saturated rings. The number of aromatic nitrogens is 3. The molecule has 0 aliphatic heterocycles. The van der Waals surface area contributed by atoms with Crippen LogP contribution < -0.4 is 10.1 Å². The lowest BCUT2D eigenvalue weighted by Gasteiger charge is -2.13. The Kier molecular flexibility index (Phi) is 6.03. The summed E-state index contributed by atoms with van der Waals surface area (Å²) < 4.78 is 58.6. The van der Waals surface area contributed by atoms with Crippen LogP contribution >= 0.6 is 11.6 Å². The number of halogens is 5. The van der Waals surface area contributed by atoms with Gasteiger partial charge < -0.3 is 10.1 Å². The molecule has 2 aromatic heterocycles. The Morgan fingerprint density at radius 1 is 1.21 bits per heavy atom. The van der Waals surface area contributed by atoms with Gasteiger partial charge in [0, 0.05) is 12.0 Å². The third-order valence-electron chi connectivity index (χ3n) is 4.88. The zero-order valence-corrected chi connectivity index (χ0v) is 17.8. The van der Waals surface area contributed by atoms with E-state index in [1.807, 2.05) is 0 Å². The van der Waals surface area contributed by atoms with Crippen molar-refractivity contribution < 1.29 is 27.1 Å². The molecule has 170 valence electrons. The first-order valence-corrected chi connectivity index (χ1v) is 9.95. The van der Waals surface area contributed by atoms with Crippen LogP contribution in [0.1, 0.15) is 22.5 Å². The number of rotatable bonds is 5. The van der Waals surface area contributed by atoms with Crippen molar-refractivity contribution in [1.82, 2.24) is 15.0 Å². The van der Waals surface area contributed by atoms with Gasteiger partial charge in [0.15, 0.2) is 0 Å². The standard InChI is InChI=1S/C22H15ClF4N4O2/c1-33-21-14(22(25,26)27)8-13(9-29-21)30-19(32)7-11-2-3-12(6-16(11)24)18-10-28-17-5-4-15(23)20(17)31-18/h2-4,6,8-10H,5,7H2,1H3,(H,30,32). The van der Waals surface area contributed by atoms with Crippen molar-refractivity contribution >= 4 is 28.2 Å². The van der Waals surface area contributed by atoms with Crippen LogP contribution in [0.2, 0.25) is 0 Å². The fraction of sp³-hybridized carbons (Fsp3) is 0.182. The van der Waals surface area contributed by atoms with Gasteiger partial charge in [-0.3, -0.25) is 9.78 Å². The summed E-state index contributed by atoms with van der Waals surface area (Å²) in [5, 5.41) is 2.78. The molecule has 1 aliphatic carbocycles. The summed E-state index contributed by atoms with van der Waals surface area (Å²) in [5.74, 6) is -2.00. The Morgan fingerprint density at radius 2 is 2.00 bits per heavy atom. The number of fused-ring (bicyclic) bond motifs is 1. The number of hydrogen-bond acceptors (Lipinski definition) is 5. The lowest BCUT2D eigenvalue weighted by Crippen LogP contribution is -2.17. The fourth-order valence-corrected chi connectivity index (χ4v) is 3.52. The van der Waals surface area contributed by atoms with E-state index in [1.54, 1.807) is 12.1 Å². The third-order valence-corrected chi connectivity index (χ3v) is 5.22. The largest absolute Gasteiger partial charge is 0.481 e. The molecule has 1 amide bonds. The summed E-state index contributed by atoms with van der Waals surface area (Å²) >= 11 is 6.10. The van der Waals surface area contributed by atoms with E-state index < -0.39 is 35.8 Å². The summed E-state index contributed by atoms with van der Waals surface area (Å²) in [6.07, 6.45) is -0.215. The van der Waals surface area contributed by atoms with Crippen molar-refractivity contribution in [3.8, 4) is 17.1 Å². The van der Waals surface area contributed by atoms with Crippen LogP contribution in [0.4, 0.5) is 23.2 Å². The Morgan fingerprint density at radius 3 is 2.70 bits per heavy atom. The van der Waals surface area contributed by atoms with Gasteiger partial charge in [-0.05, 0) is 17.7 Å². The highest BCUT2D eigenvalue weighted by molar-refractivity contribution is 6.49. The second-order valence-corrected chi connectivity index (χ2v) is 7.52. The van der Waals surface area contributed by atoms with Gasteiger partial charge in [0.25, 0.3) is 0 Å². The number of ether oxygens (including phenoxy) is 1. The lowest BCUT2D eigenvalue weighted by molar-refractivity contribution is -0.139. The van der Waals surface area contributed by atoms with Crippen molar-refractivity contribution in [3.05, 3.63) is 71.1 Å². The minimum Gasteiger partial charge on any atom is -0.481 e. The molecule has 33 heavy (non-hydrogen) atoms. The fourth-order valence-electron chi connectivity index (χ4n) is 3.29. The highest BCUT2D eigenvalue weighted by atomic mass is 35.5. The normalized spacial score (nSPS) is 12.8. The highest BCUT2D eigenvalue weighted by Crippen LogP contribution is 2.36. The van der Waals surface area contributed by atoms with Crippen LogP contribution in [0.5, 0.6) is 5.88 Å². The second kappa shape index (κ2) is 8.78. The smallest absolute Gasteiger partial charge is 0.421 e. The van der Waals surface area contributed by atoms with Gasteiger partial charge >= 0.3 is 6.18 Å². The number of methoxy groups -OCH3 is 1. The van der Waals surface area contributed by atoms with E-state index in [-0.39, 0.29) is 11.3 Å². The Bertz CT molecular complexity index is 1280. The van der Waals surface area contributed by atoms with E-state index >= 15 is 0 Å². The lowest BCUT2D eigenvalue weighted by atomic mass is 10.1. The van der Waals surface area contributed by atoms with Gasteiger partial charge in [0.05, 0.1) is 48.0 Å². The molecule has 0 atom stereocenters. The first-order valence-electron chi connectivity index (χ1n) is 9.57. The zero-order chi connectivity index (χ0) is 23.8. The molecule has 3 aromatic rings. The Hall–Kier alpha value is -3.53. The highest BCUT2D eigenvalue weighted by Gasteiger charge is 2.35. The maximum absolute atomic E-state index is 14.7. The number of anilines is 1. The van der Waals surface area contributed by atoms with Crippen molar-refractivity contribution in [2.24, 2.45) is 0 Å². The van der Waals surface area contributed by atoms with Crippen LogP contribution in [0, 0.1) is 5.82 Å². The van der Waals surface area contributed by atoms with Crippen LogP contribution in [0.15, 0.2) is 42.7 Å². The van der Waals surface area contributed by atoms with E-state index in [2.05, 4.69) is 25.0 Å². The van der Waals surface area contributed by atoms with Crippen molar-refractivity contribution in [3.63, 3.8) is 0 Å². The van der Waals surface area contributed by atoms with Crippen LogP contribution in [0.25, 0.3) is 16.3 Å². The average molecular weight is 479 g/mol. The number of carbonyl (C=O) groups is 1. The molecule has 1 aromatic carbocycles. The van der Waals surface area contributed by atoms with Gasteiger partial charge in [-0.25, -0.2) is 14.4 Å². The number of carbonyl (C=O) groups excluding carboxylic acids is 1. The first kappa shape index (κ1) is 22.7. The molecule has 0 saturated heterocycles. The molecule has 0 radical (unpaired) electrons. The predicted octanol–water partition coefficient (Wildman–Crippen LogP) is 5.02. The minimum absolute atomic E-state index is 0.0563. The molecule has 0 unspecified atom stereocenters. The van der Waals surface area contributed by atoms with E-state index in [9.17, 15) is 22.4 Å².